The zero-order chi connectivity index (χ0) is 20.7. The summed E-state index contributed by atoms with van der Waals surface area (Å²) in [5, 5.41) is 0. The highest BCUT2D eigenvalue weighted by molar-refractivity contribution is 5.31. The monoisotopic (exact) mass is 398 g/mol. The molecule has 0 N–H and O–H groups in total. The van der Waals surface area contributed by atoms with Crippen LogP contribution in [0.3, 0.4) is 0 Å². The first-order chi connectivity index (χ1) is 14.1. The molecule has 4 nitrogen and oxygen atoms in total. The molecule has 0 fully saturated rings. The molecule has 0 atom stereocenters. The van der Waals surface area contributed by atoms with E-state index < -0.39 is 0 Å². The Morgan fingerprint density at radius 2 is 1.24 bits per heavy atom. The normalized spacial score (nSPS) is 11.2. The minimum Gasteiger partial charge on any atom is -0.494 e. The van der Waals surface area contributed by atoms with E-state index in [1.807, 2.05) is 42.5 Å². The molecule has 0 aliphatic carbocycles. The van der Waals surface area contributed by atoms with Gasteiger partial charge in [-0.3, -0.25) is 0 Å². The highest BCUT2D eigenvalue weighted by Gasteiger charge is 2.00. The molecule has 4 heteroatoms. The summed E-state index contributed by atoms with van der Waals surface area (Å²) in [5.41, 5.74) is 1.17. The van der Waals surface area contributed by atoms with Gasteiger partial charge in [-0.15, -0.1) is 0 Å². The Morgan fingerprint density at radius 3 is 1.93 bits per heavy atom. The van der Waals surface area contributed by atoms with Crippen LogP contribution in [0.5, 0.6) is 11.5 Å². The second-order valence-electron chi connectivity index (χ2n) is 7.97. The molecule has 0 amide bonds. The summed E-state index contributed by atoms with van der Waals surface area (Å²) in [5.74, 6) is 1.79. The van der Waals surface area contributed by atoms with E-state index in [1.54, 1.807) is 0 Å². The number of nitrogens with zero attached hydrogens (tertiary/aromatic N) is 2. The van der Waals surface area contributed by atoms with Crippen molar-refractivity contribution in [1.29, 1.82) is 0 Å². The predicted molar refractivity (Wildman–Crippen MR) is 122 cm³/mol. The predicted octanol–water partition coefficient (Wildman–Crippen LogP) is 5.09. The van der Waals surface area contributed by atoms with E-state index in [4.69, 9.17) is 9.47 Å². The fraction of sp³-hybridized carbons (Fsp3) is 0.520. The van der Waals surface area contributed by atoms with Crippen LogP contribution in [-0.2, 0) is 6.61 Å². The van der Waals surface area contributed by atoms with Crippen molar-refractivity contribution in [2.24, 2.45) is 0 Å². The molecule has 0 aliphatic rings. The third-order valence-electron chi connectivity index (χ3n) is 4.95. The van der Waals surface area contributed by atoms with Crippen molar-refractivity contribution in [2.75, 3.05) is 47.4 Å². The van der Waals surface area contributed by atoms with Gasteiger partial charge >= 0.3 is 0 Å². The number of benzene rings is 2. The van der Waals surface area contributed by atoms with E-state index >= 15 is 0 Å². The second-order valence-corrected chi connectivity index (χ2v) is 7.97. The average molecular weight is 399 g/mol. The van der Waals surface area contributed by atoms with Gasteiger partial charge in [0.1, 0.15) is 18.1 Å². The maximum absolute atomic E-state index is 5.85. The van der Waals surface area contributed by atoms with E-state index in [9.17, 15) is 0 Å². The molecule has 0 aliphatic heterocycles. The van der Waals surface area contributed by atoms with Crippen molar-refractivity contribution in [3.05, 3.63) is 60.2 Å². The molecule has 0 heterocycles. The van der Waals surface area contributed by atoms with E-state index in [0.29, 0.717) is 6.61 Å². The van der Waals surface area contributed by atoms with Crippen LogP contribution in [0.4, 0.5) is 0 Å². The van der Waals surface area contributed by atoms with E-state index in [0.717, 1.165) is 37.6 Å². The molecule has 2 aromatic carbocycles. The zero-order valence-electron chi connectivity index (χ0n) is 18.5. The maximum Gasteiger partial charge on any atom is 0.120 e. The largest absolute Gasteiger partial charge is 0.494 e. The number of hydrogen-bond donors (Lipinski definition) is 0. The fourth-order valence-electron chi connectivity index (χ4n) is 3.06. The molecule has 2 rings (SSSR count). The van der Waals surface area contributed by atoms with Crippen LogP contribution >= 0.6 is 0 Å². The van der Waals surface area contributed by atoms with Crippen LogP contribution in [0.25, 0.3) is 0 Å². The molecule has 160 valence electrons. The third-order valence-corrected chi connectivity index (χ3v) is 4.95. The van der Waals surface area contributed by atoms with E-state index in [1.165, 1.54) is 37.8 Å². The SMILES string of the molecule is CN(C)CCN(C)CCCCCCCOc1ccc(OCc2ccccc2)cc1. The average Bonchev–Trinajstić information content (AvgIpc) is 2.74. The number of ether oxygens (including phenoxy) is 2. The van der Waals surface area contributed by atoms with Crippen LogP contribution in [0, 0.1) is 0 Å². The first-order valence-electron chi connectivity index (χ1n) is 10.9. The minimum atomic E-state index is 0.590. The summed E-state index contributed by atoms with van der Waals surface area (Å²) in [6, 6.07) is 18.1. The quantitative estimate of drug-likeness (QED) is 0.390. The van der Waals surface area contributed by atoms with Gasteiger partial charge in [0.25, 0.3) is 0 Å². The third kappa shape index (κ3) is 10.9. The molecule has 0 spiro atoms. The number of likely N-dealkylation sites (N-methyl/N-ethyl adjacent to an activating group) is 2. The first kappa shape index (κ1) is 23.2. The lowest BCUT2D eigenvalue weighted by molar-refractivity contribution is 0.275. The standard InChI is InChI=1S/C25H38N2O2/c1-26(2)19-20-27(3)18-10-5-4-6-11-21-28-24-14-16-25(17-15-24)29-22-23-12-8-7-9-13-23/h7-9,12-17H,4-6,10-11,18-22H2,1-3H3. The molecule has 0 radical (unpaired) electrons. The number of hydrogen-bond acceptors (Lipinski definition) is 4. The first-order valence-corrected chi connectivity index (χ1v) is 10.9. The summed E-state index contributed by atoms with van der Waals surface area (Å²) in [7, 11) is 6.48. The molecule has 0 unspecified atom stereocenters. The summed E-state index contributed by atoms with van der Waals surface area (Å²) >= 11 is 0. The van der Waals surface area contributed by atoms with Gasteiger partial charge in [-0.1, -0.05) is 49.6 Å². The summed E-state index contributed by atoms with van der Waals surface area (Å²) in [4.78, 5) is 4.66. The van der Waals surface area contributed by atoms with Crippen LogP contribution in [0.1, 0.15) is 37.7 Å². The zero-order valence-corrected chi connectivity index (χ0v) is 18.5. The van der Waals surface area contributed by atoms with Gasteiger partial charge in [0.2, 0.25) is 0 Å². The molecule has 0 aromatic heterocycles. The van der Waals surface area contributed by atoms with Gasteiger partial charge in [0.05, 0.1) is 6.61 Å². The summed E-state index contributed by atoms with van der Waals surface area (Å²) in [6.07, 6.45) is 6.23. The van der Waals surface area contributed by atoms with Gasteiger partial charge in [0, 0.05) is 13.1 Å². The highest BCUT2D eigenvalue weighted by atomic mass is 16.5. The smallest absolute Gasteiger partial charge is 0.120 e. The molecular formula is C25H38N2O2. The van der Waals surface area contributed by atoms with E-state index in [2.05, 4.69) is 43.1 Å². The van der Waals surface area contributed by atoms with Gasteiger partial charge in [-0.25, -0.2) is 0 Å². The number of unbranched alkanes of at least 4 members (excludes halogenated alkanes) is 4. The van der Waals surface area contributed by atoms with Gasteiger partial charge < -0.3 is 19.3 Å². The van der Waals surface area contributed by atoms with Gasteiger partial charge in [-0.2, -0.15) is 0 Å². The minimum absolute atomic E-state index is 0.590. The molecular weight excluding hydrogens is 360 g/mol. The van der Waals surface area contributed by atoms with Crippen molar-refractivity contribution in [1.82, 2.24) is 9.80 Å². The maximum atomic E-state index is 5.85. The van der Waals surface area contributed by atoms with Gasteiger partial charge in [0.15, 0.2) is 0 Å². The van der Waals surface area contributed by atoms with Crippen molar-refractivity contribution in [2.45, 2.75) is 38.7 Å². The van der Waals surface area contributed by atoms with Gasteiger partial charge in [-0.05, 0) is 70.4 Å². The summed E-state index contributed by atoms with van der Waals surface area (Å²) in [6.45, 7) is 4.85. The van der Waals surface area contributed by atoms with Crippen LogP contribution in [0.2, 0.25) is 0 Å². The topological polar surface area (TPSA) is 24.9 Å². The lowest BCUT2D eigenvalue weighted by atomic mass is 10.1. The van der Waals surface area contributed by atoms with E-state index in [-0.39, 0.29) is 0 Å². The fourth-order valence-corrected chi connectivity index (χ4v) is 3.06. The highest BCUT2D eigenvalue weighted by Crippen LogP contribution is 2.19. The Hall–Kier alpha value is -2.04. The Bertz CT molecular complexity index is 644. The lowest BCUT2D eigenvalue weighted by Crippen LogP contribution is -2.29. The molecule has 0 saturated carbocycles. The molecule has 2 aromatic rings. The Morgan fingerprint density at radius 1 is 0.621 bits per heavy atom. The van der Waals surface area contributed by atoms with Crippen molar-refractivity contribution < 1.29 is 9.47 Å². The number of rotatable bonds is 15. The van der Waals surface area contributed by atoms with Crippen LogP contribution in [0.15, 0.2) is 54.6 Å². The van der Waals surface area contributed by atoms with Crippen molar-refractivity contribution in [3.63, 3.8) is 0 Å². The van der Waals surface area contributed by atoms with Crippen molar-refractivity contribution in [3.8, 4) is 11.5 Å². The Kier molecular flexibility index (Phi) is 11.2. The molecule has 29 heavy (non-hydrogen) atoms. The Balaban J connectivity index is 1.48. The molecule has 0 saturated heterocycles. The second kappa shape index (κ2) is 14.0. The van der Waals surface area contributed by atoms with Crippen LogP contribution in [-0.4, -0.2) is 57.2 Å². The lowest BCUT2D eigenvalue weighted by Gasteiger charge is -2.19. The Labute approximate surface area is 177 Å². The van der Waals surface area contributed by atoms with Crippen molar-refractivity contribution >= 4 is 0 Å². The molecule has 0 bridgehead atoms. The summed E-state index contributed by atoms with van der Waals surface area (Å²) < 4.78 is 11.7. The van der Waals surface area contributed by atoms with Crippen LogP contribution < -0.4 is 9.47 Å².